The molecule has 0 radical (unpaired) electrons. The van der Waals surface area contributed by atoms with Gasteiger partial charge in [0.05, 0.1) is 22.8 Å². The van der Waals surface area contributed by atoms with Crippen LogP contribution >= 0.6 is 0 Å². The van der Waals surface area contributed by atoms with E-state index in [1.807, 2.05) is 0 Å². The van der Waals surface area contributed by atoms with Crippen molar-refractivity contribution in [1.82, 2.24) is 25.3 Å². The van der Waals surface area contributed by atoms with E-state index in [9.17, 15) is 16.8 Å². The van der Waals surface area contributed by atoms with Gasteiger partial charge in [-0.05, 0) is 13.3 Å². The summed E-state index contributed by atoms with van der Waals surface area (Å²) in [6.07, 6.45) is 0.122. The summed E-state index contributed by atoms with van der Waals surface area (Å²) in [5, 5.41) is 12.0. The first kappa shape index (κ1) is 13.4. The van der Waals surface area contributed by atoms with Crippen molar-refractivity contribution in [3.05, 3.63) is 5.82 Å². The molecule has 0 aromatic carbocycles. The number of nitrogens with one attached hydrogen (secondary N) is 2. The maximum atomic E-state index is 12.0. The Bertz CT molecular complexity index is 608. The largest absolute Gasteiger partial charge is 0.229 e. The van der Waals surface area contributed by atoms with Crippen molar-refractivity contribution >= 4 is 19.9 Å². The molecular formula is C7H13N5O4S2. The summed E-state index contributed by atoms with van der Waals surface area (Å²) in [6, 6.07) is -0.656. The molecule has 2 unspecified atom stereocenters. The molecule has 18 heavy (non-hydrogen) atoms. The van der Waals surface area contributed by atoms with Gasteiger partial charge < -0.3 is 0 Å². The molecule has 0 amide bonds. The topological polar surface area (TPSA) is 135 Å². The monoisotopic (exact) mass is 295 g/mol. The fraction of sp³-hybridized carbons (Fsp3) is 0.857. The molecule has 2 rings (SSSR count). The van der Waals surface area contributed by atoms with E-state index in [-0.39, 0.29) is 23.8 Å². The Labute approximate surface area is 104 Å². The zero-order valence-corrected chi connectivity index (χ0v) is 11.2. The lowest BCUT2D eigenvalue weighted by Crippen LogP contribution is -2.37. The van der Waals surface area contributed by atoms with Gasteiger partial charge in [-0.2, -0.15) is 5.21 Å². The third kappa shape index (κ3) is 2.84. The molecule has 1 saturated heterocycles. The molecule has 1 aliphatic heterocycles. The second-order valence-corrected chi connectivity index (χ2v) is 8.40. The predicted molar refractivity (Wildman–Crippen MR) is 61.7 cm³/mol. The molecule has 11 heteroatoms. The number of tetrazole rings is 1. The minimum Gasteiger partial charge on any atom is -0.229 e. The van der Waals surface area contributed by atoms with E-state index in [1.54, 1.807) is 6.92 Å². The molecule has 1 aromatic heterocycles. The van der Waals surface area contributed by atoms with Gasteiger partial charge in [0, 0.05) is 0 Å². The minimum atomic E-state index is -3.71. The maximum absolute atomic E-state index is 12.0. The number of hydrogen-bond donors (Lipinski definition) is 2. The summed E-state index contributed by atoms with van der Waals surface area (Å²) in [4.78, 5) is 0. The van der Waals surface area contributed by atoms with Gasteiger partial charge in [0.2, 0.25) is 10.0 Å². The van der Waals surface area contributed by atoms with E-state index >= 15 is 0 Å². The summed E-state index contributed by atoms with van der Waals surface area (Å²) in [6.45, 7) is 1.56. The molecular weight excluding hydrogens is 282 g/mol. The van der Waals surface area contributed by atoms with Crippen molar-refractivity contribution in [2.75, 3.05) is 11.5 Å². The lowest BCUT2D eigenvalue weighted by Gasteiger charge is -2.14. The third-order valence-electron chi connectivity index (χ3n) is 2.72. The van der Waals surface area contributed by atoms with Crippen molar-refractivity contribution in [3.63, 3.8) is 0 Å². The van der Waals surface area contributed by atoms with Crippen LogP contribution in [0.2, 0.25) is 0 Å². The van der Waals surface area contributed by atoms with Crippen molar-refractivity contribution in [2.24, 2.45) is 0 Å². The van der Waals surface area contributed by atoms with Gasteiger partial charge in [0.1, 0.15) is 0 Å². The van der Waals surface area contributed by atoms with Gasteiger partial charge in [0.25, 0.3) is 0 Å². The number of H-pyrrole nitrogens is 1. The summed E-state index contributed by atoms with van der Waals surface area (Å²) in [7, 11) is -6.94. The quantitative estimate of drug-likeness (QED) is 0.680. The van der Waals surface area contributed by atoms with Crippen molar-refractivity contribution < 1.29 is 16.8 Å². The van der Waals surface area contributed by atoms with Crippen LogP contribution in [0.5, 0.6) is 0 Å². The summed E-state index contributed by atoms with van der Waals surface area (Å²) >= 11 is 0. The number of nitrogens with zero attached hydrogens (tertiary/aromatic N) is 3. The van der Waals surface area contributed by atoms with Crippen LogP contribution in [-0.2, 0) is 19.9 Å². The van der Waals surface area contributed by atoms with E-state index in [1.165, 1.54) is 0 Å². The second kappa shape index (κ2) is 4.55. The first-order valence-electron chi connectivity index (χ1n) is 5.25. The molecule has 0 bridgehead atoms. The van der Waals surface area contributed by atoms with Crippen LogP contribution in [0.25, 0.3) is 0 Å². The highest BCUT2D eigenvalue weighted by Crippen LogP contribution is 2.20. The van der Waals surface area contributed by atoms with E-state index in [4.69, 9.17) is 0 Å². The van der Waals surface area contributed by atoms with Gasteiger partial charge in [-0.15, -0.1) is 10.2 Å². The second-order valence-electron chi connectivity index (χ2n) is 4.18. The first-order chi connectivity index (χ1) is 8.30. The smallest absolute Gasteiger partial charge is 0.216 e. The summed E-state index contributed by atoms with van der Waals surface area (Å²) in [5.74, 6) is -0.212. The predicted octanol–water partition coefficient (Wildman–Crippen LogP) is -1.63. The number of aromatic nitrogens is 4. The molecule has 2 N–H and O–H groups in total. The maximum Gasteiger partial charge on any atom is 0.216 e. The van der Waals surface area contributed by atoms with Gasteiger partial charge in [0.15, 0.2) is 15.7 Å². The average Bonchev–Trinajstić information content (AvgIpc) is 2.85. The molecule has 0 saturated carbocycles. The average molecular weight is 295 g/mol. The van der Waals surface area contributed by atoms with E-state index in [0.717, 1.165) is 0 Å². The Morgan fingerprint density at radius 3 is 2.72 bits per heavy atom. The van der Waals surface area contributed by atoms with Crippen LogP contribution in [-0.4, -0.2) is 54.2 Å². The highest BCUT2D eigenvalue weighted by Gasteiger charge is 2.38. The lowest BCUT2D eigenvalue weighted by molar-refractivity contribution is 0.548. The Morgan fingerprint density at radius 2 is 2.22 bits per heavy atom. The SMILES string of the molecule is CC(NS(=O)(=O)C1CCS(=O)(=O)C1)c1nn[nH]n1. The highest BCUT2D eigenvalue weighted by molar-refractivity contribution is 7.95. The normalized spacial score (nSPS) is 25.1. The van der Waals surface area contributed by atoms with Crippen LogP contribution in [0.15, 0.2) is 0 Å². The van der Waals surface area contributed by atoms with E-state index in [2.05, 4.69) is 25.3 Å². The van der Waals surface area contributed by atoms with Gasteiger partial charge in [-0.1, -0.05) is 5.21 Å². The van der Waals surface area contributed by atoms with Gasteiger partial charge in [-0.25, -0.2) is 21.6 Å². The Hall–Kier alpha value is -1.07. The number of aromatic amines is 1. The third-order valence-corrected chi connectivity index (χ3v) is 6.66. The summed E-state index contributed by atoms with van der Waals surface area (Å²) in [5.41, 5.74) is 0. The number of rotatable bonds is 4. The number of hydrogen-bond acceptors (Lipinski definition) is 7. The van der Waals surface area contributed by atoms with Gasteiger partial charge in [-0.3, -0.25) is 0 Å². The fourth-order valence-corrected chi connectivity index (χ4v) is 6.00. The highest BCUT2D eigenvalue weighted by atomic mass is 32.2. The van der Waals surface area contributed by atoms with Crippen LogP contribution < -0.4 is 4.72 Å². The zero-order valence-electron chi connectivity index (χ0n) is 9.57. The Kier molecular flexibility index (Phi) is 3.38. The fourth-order valence-electron chi connectivity index (χ4n) is 1.75. The molecule has 1 aliphatic rings. The molecule has 2 heterocycles. The summed E-state index contributed by atoms with van der Waals surface area (Å²) < 4.78 is 48.8. The number of sulfone groups is 1. The molecule has 0 spiro atoms. The lowest BCUT2D eigenvalue weighted by atomic mass is 10.4. The Morgan fingerprint density at radius 1 is 1.50 bits per heavy atom. The van der Waals surface area contributed by atoms with E-state index in [0.29, 0.717) is 0 Å². The molecule has 2 atom stereocenters. The van der Waals surface area contributed by atoms with Crippen LogP contribution in [0, 0.1) is 0 Å². The van der Waals surface area contributed by atoms with Crippen molar-refractivity contribution in [2.45, 2.75) is 24.6 Å². The van der Waals surface area contributed by atoms with Crippen molar-refractivity contribution in [1.29, 1.82) is 0 Å². The molecule has 1 aromatic rings. The zero-order chi connectivity index (χ0) is 13.4. The van der Waals surface area contributed by atoms with Crippen LogP contribution in [0.4, 0.5) is 0 Å². The molecule has 1 fully saturated rings. The molecule has 102 valence electrons. The number of sulfonamides is 1. The molecule has 9 nitrogen and oxygen atoms in total. The molecule has 0 aliphatic carbocycles. The van der Waals surface area contributed by atoms with Gasteiger partial charge >= 0.3 is 0 Å². The van der Waals surface area contributed by atoms with Crippen LogP contribution in [0.3, 0.4) is 0 Å². The van der Waals surface area contributed by atoms with Crippen molar-refractivity contribution in [3.8, 4) is 0 Å². The first-order valence-corrected chi connectivity index (χ1v) is 8.62. The standard InChI is InChI=1S/C7H13N5O4S2/c1-5(7-8-11-12-9-7)10-18(15,16)6-2-3-17(13,14)4-6/h5-6,10H,2-4H2,1H3,(H,8,9,11,12). The minimum absolute atomic E-state index is 0.0881. The van der Waals surface area contributed by atoms with E-state index < -0.39 is 31.2 Å². The Balaban J connectivity index is 2.09. The van der Waals surface area contributed by atoms with Crippen LogP contribution in [0.1, 0.15) is 25.2 Å².